The van der Waals surface area contributed by atoms with Gasteiger partial charge >= 0.3 is 12.1 Å². The zero-order valence-electron chi connectivity index (χ0n) is 13.5. The third kappa shape index (κ3) is 7.29. The summed E-state index contributed by atoms with van der Waals surface area (Å²) in [6, 6.07) is 6.39. The fourth-order valence-corrected chi connectivity index (χ4v) is 1.65. The Morgan fingerprint density at radius 3 is 2.40 bits per heavy atom. The van der Waals surface area contributed by atoms with E-state index in [0.717, 1.165) is 19.4 Å². The zero-order chi connectivity index (χ0) is 19.0. The van der Waals surface area contributed by atoms with E-state index in [1.165, 1.54) is 6.07 Å². The number of aromatic nitrogens is 2. The van der Waals surface area contributed by atoms with Gasteiger partial charge in [0, 0.05) is 6.42 Å². The van der Waals surface area contributed by atoms with Crippen LogP contribution in [-0.4, -0.2) is 52.9 Å². The summed E-state index contributed by atoms with van der Waals surface area (Å²) in [6.07, 6.45) is -3.40. The molecule has 0 amide bonds. The first kappa shape index (κ1) is 20.6. The number of hydrogen-bond donors (Lipinski definition) is 1. The van der Waals surface area contributed by atoms with Crippen LogP contribution in [0.2, 0.25) is 0 Å². The van der Waals surface area contributed by atoms with Crippen molar-refractivity contribution in [3.8, 4) is 11.5 Å². The predicted molar refractivity (Wildman–Crippen MR) is 80.3 cm³/mol. The van der Waals surface area contributed by atoms with Crippen molar-refractivity contribution < 1.29 is 32.0 Å². The molecule has 0 saturated carbocycles. The van der Waals surface area contributed by atoms with E-state index in [2.05, 4.69) is 15.0 Å². The second-order valence-corrected chi connectivity index (χ2v) is 5.21. The molecular formula is C15H17F4N3O3. The molecule has 0 bridgehead atoms. The number of rotatable bonds is 5. The Kier molecular flexibility index (Phi) is 7.49. The molecule has 0 saturated heterocycles. The van der Waals surface area contributed by atoms with Gasteiger partial charge in [0.15, 0.2) is 5.82 Å². The van der Waals surface area contributed by atoms with E-state index in [9.17, 15) is 17.6 Å². The molecule has 0 unspecified atom stereocenters. The molecule has 138 valence electrons. The number of halogens is 4. The number of nitrogens with zero attached hydrogens (tertiary/aromatic N) is 3. The Labute approximate surface area is 141 Å². The third-order valence-electron chi connectivity index (χ3n) is 2.82. The molecule has 1 N–H and O–H groups in total. The summed E-state index contributed by atoms with van der Waals surface area (Å²) in [4.78, 5) is 15.2. The summed E-state index contributed by atoms with van der Waals surface area (Å²) in [5.41, 5.74) is 0.351. The lowest BCUT2D eigenvalue weighted by Crippen LogP contribution is -2.21. The fourth-order valence-electron chi connectivity index (χ4n) is 1.65. The van der Waals surface area contributed by atoms with Crippen LogP contribution in [0.25, 0.3) is 11.5 Å². The van der Waals surface area contributed by atoms with Gasteiger partial charge in [0.2, 0.25) is 0 Å². The number of carbonyl (C=O) groups is 1. The molecule has 0 fully saturated rings. The first-order valence-electron chi connectivity index (χ1n) is 7.13. The molecule has 0 radical (unpaired) electrons. The monoisotopic (exact) mass is 363 g/mol. The predicted octanol–water partition coefficient (Wildman–Crippen LogP) is 3.00. The van der Waals surface area contributed by atoms with Gasteiger partial charge in [0.05, 0.1) is 5.56 Å². The van der Waals surface area contributed by atoms with Gasteiger partial charge in [0.1, 0.15) is 5.82 Å². The summed E-state index contributed by atoms with van der Waals surface area (Å²) >= 11 is 0. The van der Waals surface area contributed by atoms with E-state index in [0.29, 0.717) is 11.4 Å². The highest BCUT2D eigenvalue weighted by molar-refractivity contribution is 5.73. The van der Waals surface area contributed by atoms with Crippen LogP contribution in [0.3, 0.4) is 0 Å². The second kappa shape index (κ2) is 9.11. The van der Waals surface area contributed by atoms with Crippen LogP contribution in [0.4, 0.5) is 17.6 Å². The first-order chi connectivity index (χ1) is 11.6. The van der Waals surface area contributed by atoms with E-state index in [4.69, 9.17) is 14.4 Å². The van der Waals surface area contributed by atoms with E-state index in [1.54, 1.807) is 18.2 Å². The topological polar surface area (TPSA) is 79.5 Å². The van der Waals surface area contributed by atoms with Crippen molar-refractivity contribution in [3.05, 3.63) is 35.9 Å². The SMILES string of the molecule is CN(C)CCCc1noc(-c2ccccc2F)n1.O=C(O)C(F)(F)F. The lowest BCUT2D eigenvalue weighted by molar-refractivity contribution is -0.192. The molecule has 25 heavy (non-hydrogen) atoms. The highest BCUT2D eigenvalue weighted by atomic mass is 19.4. The number of hydrogen-bond acceptors (Lipinski definition) is 5. The van der Waals surface area contributed by atoms with Crippen LogP contribution < -0.4 is 0 Å². The first-order valence-corrected chi connectivity index (χ1v) is 7.13. The van der Waals surface area contributed by atoms with Gasteiger partial charge in [-0.25, -0.2) is 9.18 Å². The van der Waals surface area contributed by atoms with Gasteiger partial charge in [-0.05, 0) is 39.2 Å². The van der Waals surface area contributed by atoms with Crippen molar-refractivity contribution >= 4 is 5.97 Å². The minimum Gasteiger partial charge on any atom is -0.475 e. The maximum atomic E-state index is 13.5. The molecule has 2 aromatic rings. The van der Waals surface area contributed by atoms with Crippen LogP contribution in [0.15, 0.2) is 28.8 Å². The molecule has 1 heterocycles. The molecule has 0 atom stereocenters. The van der Waals surface area contributed by atoms with E-state index in [1.807, 2.05) is 14.1 Å². The van der Waals surface area contributed by atoms with Crippen molar-refractivity contribution in [1.82, 2.24) is 15.0 Å². The number of carboxylic acids is 1. The fraction of sp³-hybridized carbons (Fsp3) is 0.400. The summed E-state index contributed by atoms with van der Waals surface area (Å²) in [6.45, 7) is 0.962. The van der Waals surface area contributed by atoms with Crippen molar-refractivity contribution in [2.24, 2.45) is 0 Å². The molecule has 1 aromatic carbocycles. The molecule has 0 spiro atoms. The van der Waals surface area contributed by atoms with Gasteiger partial charge < -0.3 is 14.5 Å². The van der Waals surface area contributed by atoms with Gasteiger partial charge in [-0.15, -0.1) is 0 Å². The molecule has 1 aromatic heterocycles. The van der Waals surface area contributed by atoms with Crippen LogP contribution in [0.5, 0.6) is 0 Å². The number of aryl methyl sites for hydroxylation is 1. The van der Waals surface area contributed by atoms with Gasteiger partial charge in [-0.3, -0.25) is 0 Å². The Morgan fingerprint density at radius 2 is 1.88 bits per heavy atom. The van der Waals surface area contributed by atoms with Crippen molar-refractivity contribution in [1.29, 1.82) is 0 Å². The summed E-state index contributed by atoms with van der Waals surface area (Å²) in [5.74, 6) is -2.24. The Morgan fingerprint density at radius 1 is 1.28 bits per heavy atom. The van der Waals surface area contributed by atoms with Crippen molar-refractivity contribution in [2.75, 3.05) is 20.6 Å². The standard InChI is InChI=1S/C13H16FN3O.C2HF3O2/c1-17(2)9-5-8-12-15-13(18-16-12)10-6-3-4-7-11(10)14;3-2(4,5)1(6)7/h3-4,6-7H,5,8-9H2,1-2H3;(H,6,7). The summed E-state index contributed by atoms with van der Waals surface area (Å²) < 4.78 is 50.3. The third-order valence-corrected chi connectivity index (χ3v) is 2.82. The Balaban J connectivity index is 0.000000381. The minimum atomic E-state index is -5.08. The lowest BCUT2D eigenvalue weighted by Gasteiger charge is -2.06. The summed E-state index contributed by atoms with van der Waals surface area (Å²) in [5, 5.41) is 11.0. The number of alkyl halides is 3. The molecule has 10 heteroatoms. The van der Waals surface area contributed by atoms with Crippen LogP contribution in [0.1, 0.15) is 12.2 Å². The maximum Gasteiger partial charge on any atom is 0.490 e. The highest BCUT2D eigenvalue weighted by Gasteiger charge is 2.38. The smallest absolute Gasteiger partial charge is 0.475 e. The normalized spacial score (nSPS) is 11.2. The molecule has 0 aliphatic carbocycles. The highest BCUT2D eigenvalue weighted by Crippen LogP contribution is 2.20. The Bertz CT molecular complexity index is 687. The molecule has 2 rings (SSSR count). The van der Waals surface area contributed by atoms with Crippen molar-refractivity contribution in [3.63, 3.8) is 0 Å². The van der Waals surface area contributed by atoms with Gasteiger partial charge in [-0.2, -0.15) is 18.2 Å². The molecule has 6 nitrogen and oxygen atoms in total. The van der Waals surface area contributed by atoms with Crippen LogP contribution in [0, 0.1) is 5.82 Å². The van der Waals surface area contributed by atoms with Crippen LogP contribution >= 0.6 is 0 Å². The second-order valence-electron chi connectivity index (χ2n) is 5.21. The largest absolute Gasteiger partial charge is 0.490 e. The Hall–Kier alpha value is -2.49. The van der Waals surface area contributed by atoms with Crippen molar-refractivity contribution in [2.45, 2.75) is 19.0 Å². The van der Waals surface area contributed by atoms with E-state index >= 15 is 0 Å². The minimum absolute atomic E-state index is 0.243. The average molecular weight is 363 g/mol. The molecular weight excluding hydrogens is 346 g/mol. The zero-order valence-corrected chi connectivity index (χ0v) is 13.5. The van der Waals surface area contributed by atoms with E-state index in [-0.39, 0.29) is 11.7 Å². The summed E-state index contributed by atoms with van der Waals surface area (Å²) in [7, 11) is 4.03. The number of aliphatic carboxylic acids is 1. The maximum absolute atomic E-state index is 13.5. The van der Waals surface area contributed by atoms with E-state index < -0.39 is 12.1 Å². The van der Waals surface area contributed by atoms with Crippen LogP contribution in [-0.2, 0) is 11.2 Å². The quantitative estimate of drug-likeness (QED) is 0.823. The molecule has 0 aliphatic rings. The van der Waals surface area contributed by atoms with Gasteiger partial charge in [-0.1, -0.05) is 17.3 Å². The lowest BCUT2D eigenvalue weighted by atomic mass is 10.2. The molecule has 0 aliphatic heterocycles. The van der Waals surface area contributed by atoms with Gasteiger partial charge in [0.25, 0.3) is 5.89 Å². The average Bonchev–Trinajstić information content (AvgIpc) is 2.95. The number of benzene rings is 1. The number of carboxylic acid groups (broad SMARTS) is 1.